The molecular weight excluding hydrogens is 353 g/mol. The Morgan fingerprint density at radius 2 is 1.80 bits per heavy atom. The van der Waals surface area contributed by atoms with E-state index in [1.165, 1.54) is 0 Å². The lowest BCUT2D eigenvalue weighted by atomic mass is 10.0. The van der Waals surface area contributed by atoms with Crippen LogP contribution in [0.1, 0.15) is 16.7 Å². The van der Waals surface area contributed by atoms with Gasteiger partial charge in [-0.2, -0.15) is 5.10 Å². The van der Waals surface area contributed by atoms with Crippen molar-refractivity contribution in [3.63, 3.8) is 0 Å². The van der Waals surface area contributed by atoms with Crippen LogP contribution in [0.15, 0.2) is 60.9 Å². The summed E-state index contributed by atoms with van der Waals surface area (Å²) in [5, 5.41) is 6.31. The maximum absolute atomic E-state index is 6.64. The summed E-state index contributed by atoms with van der Waals surface area (Å²) in [6.07, 6.45) is 4.31. The van der Waals surface area contributed by atoms with Gasteiger partial charge in [0.25, 0.3) is 0 Å². The second-order valence-electron chi connectivity index (χ2n) is 5.96. The zero-order valence-electron chi connectivity index (χ0n) is 13.6. The van der Waals surface area contributed by atoms with Gasteiger partial charge in [0.15, 0.2) is 0 Å². The summed E-state index contributed by atoms with van der Waals surface area (Å²) in [5.74, 6) is 0. The van der Waals surface area contributed by atoms with Gasteiger partial charge < -0.3 is 0 Å². The average molecular weight is 368 g/mol. The minimum atomic E-state index is 0.461. The zero-order valence-corrected chi connectivity index (χ0v) is 15.1. The molecule has 0 aliphatic rings. The molecule has 0 bridgehead atoms. The van der Waals surface area contributed by atoms with Gasteiger partial charge >= 0.3 is 0 Å². The van der Waals surface area contributed by atoms with E-state index in [9.17, 15) is 0 Å². The van der Waals surface area contributed by atoms with Gasteiger partial charge in [-0.1, -0.05) is 53.5 Å². The minimum absolute atomic E-state index is 0.461. The first-order valence-electron chi connectivity index (χ1n) is 7.95. The molecule has 5 heteroatoms. The SMILES string of the molecule is Cc1cccc2c(Cl)c(Cc3ccc(-n4cccn4)cc3)c(Cl)nc12. The Kier molecular flexibility index (Phi) is 4.20. The lowest BCUT2D eigenvalue weighted by molar-refractivity contribution is 0.879. The molecule has 0 N–H and O–H groups in total. The zero-order chi connectivity index (χ0) is 17.4. The summed E-state index contributed by atoms with van der Waals surface area (Å²) < 4.78 is 1.82. The average Bonchev–Trinajstić information content (AvgIpc) is 3.15. The van der Waals surface area contributed by atoms with Gasteiger partial charge in [-0.3, -0.25) is 0 Å². The van der Waals surface area contributed by atoms with Gasteiger partial charge in [0.05, 0.1) is 16.2 Å². The first-order valence-corrected chi connectivity index (χ1v) is 8.71. The first kappa shape index (κ1) is 16.1. The Balaban J connectivity index is 1.71. The second kappa shape index (κ2) is 6.51. The summed E-state index contributed by atoms with van der Waals surface area (Å²) in [6.45, 7) is 2.01. The molecule has 4 aromatic rings. The lowest BCUT2D eigenvalue weighted by Crippen LogP contribution is -1.98. The predicted octanol–water partition coefficient (Wildman–Crippen LogP) is 5.63. The van der Waals surface area contributed by atoms with E-state index in [2.05, 4.69) is 22.2 Å². The number of nitrogens with zero attached hydrogens (tertiary/aromatic N) is 3. The molecule has 0 saturated carbocycles. The van der Waals surface area contributed by atoms with Crippen molar-refractivity contribution in [2.45, 2.75) is 13.3 Å². The van der Waals surface area contributed by atoms with E-state index in [0.29, 0.717) is 16.6 Å². The molecule has 0 fully saturated rings. The summed E-state index contributed by atoms with van der Waals surface area (Å²) in [4.78, 5) is 4.56. The third-order valence-electron chi connectivity index (χ3n) is 4.28. The van der Waals surface area contributed by atoms with Crippen LogP contribution in [-0.2, 0) is 6.42 Å². The van der Waals surface area contributed by atoms with Crippen LogP contribution < -0.4 is 0 Å². The van der Waals surface area contributed by atoms with Crippen molar-refractivity contribution in [1.29, 1.82) is 0 Å². The van der Waals surface area contributed by atoms with Crippen molar-refractivity contribution >= 4 is 34.1 Å². The fourth-order valence-electron chi connectivity index (χ4n) is 2.95. The molecule has 0 unspecified atom stereocenters. The summed E-state index contributed by atoms with van der Waals surface area (Å²) in [6, 6.07) is 16.1. The number of halogens is 2. The number of hydrogen-bond acceptors (Lipinski definition) is 2. The third-order valence-corrected chi connectivity index (χ3v) is 5.03. The molecule has 124 valence electrons. The van der Waals surface area contributed by atoms with Gasteiger partial charge in [-0.25, -0.2) is 9.67 Å². The van der Waals surface area contributed by atoms with Crippen molar-refractivity contribution in [3.8, 4) is 5.69 Å². The van der Waals surface area contributed by atoms with Gasteiger partial charge in [0.2, 0.25) is 0 Å². The van der Waals surface area contributed by atoms with E-state index in [-0.39, 0.29) is 0 Å². The smallest absolute Gasteiger partial charge is 0.134 e. The number of hydrogen-bond donors (Lipinski definition) is 0. The molecule has 0 atom stereocenters. The lowest BCUT2D eigenvalue weighted by Gasteiger charge is -2.11. The highest BCUT2D eigenvalue weighted by Crippen LogP contribution is 2.33. The van der Waals surface area contributed by atoms with Crippen molar-refractivity contribution in [3.05, 3.63) is 87.8 Å². The van der Waals surface area contributed by atoms with Crippen LogP contribution in [0.4, 0.5) is 0 Å². The van der Waals surface area contributed by atoms with Crippen molar-refractivity contribution in [1.82, 2.24) is 14.8 Å². The molecule has 0 radical (unpaired) electrons. The van der Waals surface area contributed by atoms with Crippen LogP contribution in [-0.4, -0.2) is 14.8 Å². The second-order valence-corrected chi connectivity index (χ2v) is 6.70. The maximum atomic E-state index is 6.64. The molecule has 4 rings (SSSR count). The number of fused-ring (bicyclic) bond motifs is 1. The van der Waals surface area contributed by atoms with E-state index < -0.39 is 0 Å². The molecule has 2 aromatic heterocycles. The van der Waals surface area contributed by atoms with Gasteiger partial charge in [0.1, 0.15) is 5.15 Å². The van der Waals surface area contributed by atoms with E-state index in [1.807, 2.05) is 54.2 Å². The van der Waals surface area contributed by atoms with Crippen LogP contribution in [0.5, 0.6) is 0 Å². The predicted molar refractivity (Wildman–Crippen MR) is 103 cm³/mol. The number of para-hydroxylation sites is 1. The maximum Gasteiger partial charge on any atom is 0.134 e. The fourth-order valence-corrected chi connectivity index (χ4v) is 3.55. The third kappa shape index (κ3) is 3.01. The van der Waals surface area contributed by atoms with Crippen LogP contribution in [0.25, 0.3) is 16.6 Å². The van der Waals surface area contributed by atoms with Crippen LogP contribution >= 0.6 is 23.2 Å². The molecule has 3 nitrogen and oxygen atoms in total. The number of benzene rings is 2. The summed E-state index contributed by atoms with van der Waals surface area (Å²) in [5.41, 5.74) is 4.91. The Labute approximate surface area is 155 Å². The fraction of sp³-hybridized carbons (Fsp3) is 0.100. The van der Waals surface area contributed by atoms with E-state index >= 15 is 0 Å². The number of aryl methyl sites for hydroxylation is 1. The van der Waals surface area contributed by atoms with Crippen LogP contribution in [0.3, 0.4) is 0 Å². The Morgan fingerprint density at radius 3 is 2.52 bits per heavy atom. The van der Waals surface area contributed by atoms with E-state index in [4.69, 9.17) is 23.2 Å². The molecule has 0 aliphatic heterocycles. The minimum Gasteiger partial charge on any atom is -0.241 e. The normalized spacial score (nSPS) is 11.2. The molecule has 0 aliphatic carbocycles. The largest absolute Gasteiger partial charge is 0.241 e. The van der Waals surface area contributed by atoms with Gasteiger partial charge in [0, 0.05) is 29.8 Å². The first-order chi connectivity index (χ1) is 12.1. The Hall–Kier alpha value is -2.36. The number of rotatable bonds is 3. The molecule has 2 aromatic carbocycles. The van der Waals surface area contributed by atoms with Gasteiger partial charge in [-0.05, 0) is 36.2 Å². The highest BCUT2D eigenvalue weighted by atomic mass is 35.5. The summed E-state index contributed by atoms with van der Waals surface area (Å²) >= 11 is 13.1. The standard InChI is InChI=1S/C20H15Cl2N3/c1-13-4-2-5-16-18(21)17(20(22)24-19(13)16)12-14-6-8-15(9-7-14)25-11-3-10-23-25/h2-11H,12H2,1H3. The van der Waals surface area contributed by atoms with Crippen molar-refractivity contribution in [2.24, 2.45) is 0 Å². The van der Waals surface area contributed by atoms with E-state index in [1.54, 1.807) is 6.20 Å². The number of pyridine rings is 1. The molecule has 0 spiro atoms. The van der Waals surface area contributed by atoms with E-state index in [0.717, 1.165) is 33.3 Å². The Morgan fingerprint density at radius 1 is 1.00 bits per heavy atom. The topological polar surface area (TPSA) is 30.7 Å². The monoisotopic (exact) mass is 367 g/mol. The number of aromatic nitrogens is 3. The Bertz CT molecular complexity index is 1040. The van der Waals surface area contributed by atoms with Crippen LogP contribution in [0.2, 0.25) is 10.2 Å². The van der Waals surface area contributed by atoms with Crippen LogP contribution in [0, 0.1) is 6.92 Å². The highest BCUT2D eigenvalue weighted by molar-refractivity contribution is 6.39. The molecular formula is C20H15Cl2N3. The van der Waals surface area contributed by atoms with Gasteiger partial charge in [-0.15, -0.1) is 0 Å². The highest BCUT2D eigenvalue weighted by Gasteiger charge is 2.14. The molecule has 0 saturated heterocycles. The van der Waals surface area contributed by atoms with Crippen molar-refractivity contribution < 1.29 is 0 Å². The summed E-state index contributed by atoms with van der Waals surface area (Å²) in [7, 11) is 0. The molecule has 0 amide bonds. The quantitative estimate of drug-likeness (QED) is 0.439. The van der Waals surface area contributed by atoms with Crippen molar-refractivity contribution in [2.75, 3.05) is 0 Å². The molecule has 2 heterocycles. The molecule has 25 heavy (non-hydrogen) atoms.